The number of oxazole rings is 1. The van der Waals surface area contributed by atoms with E-state index in [2.05, 4.69) is 4.98 Å². The quantitative estimate of drug-likeness (QED) is 0.687. The Hall–Kier alpha value is -2.20. The van der Waals surface area contributed by atoms with Crippen LogP contribution in [0.25, 0.3) is 22.6 Å². The summed E-state index contributed by atoms with van der Waals surface area (Å²) >= 11 is 0. The Kier molecular flexibility index (Phi) is 4.40. The fraction of sp³-hybridized carbons (Fsp3) is 0.133. The van der Waals surface area contributed by atoms with Crippen LogP contribution in [-0.4, -0.2) is 4.98 Å². The van der Waals surface area contributed by atoms with Crippen molar-refractivity contribution in [3.05, 3.63) is 53.8 Å². The molecule has 100 valence electrons. The summed E-state index contributed by atoms with van der Waals surface area (Å²) < 4.78 is 18.4. The molecule has 3 rings (SSSR count). The zero-order valence-corrected chi connectivity index (χ0v) is 9.98. The third-order valence-corrected chi connectivity index (χ3v) is 2.63. The van der Waals surface area contributed by atoms with E-state index in [1.807, 2.05) is 25.1 Å². The van der Waals surface area contributed by atoms with Crippen molar-refractivity contribution in [1.82, 2.24) is 11.1 Å². The van der Waals surface area contributed by atoms with Crippen molar-refractivity contribution < 1.29 is 8.81 Å². The SMILES string of the molecule is C.Cc1ccc2oc(-c3ccc(F)cc3)nc2c1.N. The summed E-state index contributed by atoms with van der Waals surface area (Å²) in [4.78, 5) is 4.38. The zero-order chi connectivity index (χ0) is 11.8. The van der Waals surface area contributed by atoms with Crippen molar-refractivity contribution in [3.8, 4) is 11.5 Å². The van der Waals surface area contributed by atoms with E-state index in [0.717, 1.165) is 22.2 Å². The van der Waals surface area contributed by atoms with Gasteiger partial charge in [-0.1, -0.05) is 13.5 Å². The molecule has 2 aromatic carbocycles. The number of rotatable bonds is 1. The molecule has 4 heteroatoms. The molecule has 1 heterocycles. The highest BCUT2D eigenvalue weighted by Crippen LogP contribution is 2.24. The van der Waals surface area contributed by atoms with Crippen molar-refractivity contribution in [3.63, 3.8) is 0 Å². The van der Waals surface area contributed by atoms with Crippen LogP contribution in [0.2, 0.25) is 0 Å². The molecule has 0 amide bonds. The molecule has 3 N–H and O–H groups in total. The molecule has 3 aromatic rings. The smallest absolute Gasteiger partial charge is 0.227 e. The summed E-state index contributed by atoms with van der Waals surface area (Å²) in [6, 6.07) is 11.9. The van der Waals surface area contributed by atoms with Gasteiger partial charge in [0.05, 0.1) is 0 Å². The summed E-state index contributed by atoms with van der Waals surface area (Å²) in [5.74, 6) is 0.256. The predicted octanol–water partition coefficient (Wildman–Crippen LogP) is 4.74. The minimum absolute atomic E-state index is 0. The fourth-order valence-electron chi connectivity index (χ4n) is 1.75. The van der Waals surface area contributed by atoms with E-state index in [9.17, 15) is 4.39 Å². The lowest BCUT2D eigenvalue weighted by Crippen LogP contribution is -1.78. The topological polar surface area (TPSA) is 61.0 Å². The van der Waals surface area contributed by atoms with Crippen molar-refractivity contribution in [1.29, 1.82) is 0 Å². The van der Waals surface area contributed by atoms with Gasteiger partial charge in [-0.15, -0.1) is 0 Å². The molecular weight excluding hydrogens is 243 g/mol. The van der Waals surface area contributed by atoms with Crippen molar-refractivity contribution in [2.45, 2.75) is 14.4 Å². The van der Waals surface area contributed by atoms with Gasteiger partial charge in [-0.3, -0.25) is 0 Å². The van der Waals surface area contributed by atoms with Crippen LogP contribution in [0.4, 0.5) is 4.39 Å². The fourth-order valence-corrected chi connectivity index (χ4v) is 1.75. The molecule has 0 atom stereocenters. The molecule has 0 bridgehead atoms. The normalized spacial score (nSPS) is 9.79. The maximum absolute atomic E-state index is 12.8. The first-order valence-electron chi connectivity index (χ1n) is 5.35. The molecule has 0 saturated heterocycles. The first-order chi connectivity index (χ1) is 8.22. The van der Waals surface area contributed by atoms with E-state index in [1.54, 1.807) is 12.1 Å². The van der Waals surface area contributed by atoms with E-state index in [4.69, 9.17) is 4.42 Å². The van der Waals surface area contributed by atoms with E-state index in [1.165, 1.54) is 12.1 Å². The highest BCUT2D eigenvalue weighted by Gasteiger charge is 2.07. The standard InChI is InChI=1S/C14H10FNO.CH4.H3N/c1-9-2-7-13-12(8-9)16-14(17-13)10-3-5-11(15)6-4-10;;/h2-8H,1H3;1H4;1H3. The van der Waals surface area contributed by atoms with Gasteiger partial charge < -0.3 is 10.6 Å². The summed E-state index contributed by atoms with van der Waals surface area (Å²) in [5, 5.41) is 0. The number of fused-ring (bicyclic) bond motifs is 1. The number of halogens is 1. The lowest BCUT2D eigenvalue weighted by Gasteiger charge is -1.93. The van der Waals surface area contributed by atoms with Gasteiger partial charge in [0.1, 0.15) is 11.3 Å². The second kappa shape index (κ2) is 5.63. The molecule has 0 saturated carbocycles. The second-order valence-corrected chi connectivity index (χ2v) is 4.00. The Balaban J connectivity index is 0.000000902. The molecule has 0 aliphatic carbocycles. The molecule has 0 spiro atoms. The molecular formula is C15H17FN2O. The van der Waals surface area contributed by atoms with Crippen LogP contribution < -0.4 is 6.15 Å². The van der Waals surface area contributed by atoms with Gasteiger partial charge in [0.25, 0.3) is 0 Å². The number of hydrogen-bond acceptors (Lipinski definition) is 3. The molecule has 0 aliphatic rings. The second-order valence-electron chi connectivity index (χ2n) is 4.00. The molecule has 0 radical (unpaired) electrons. The Morgan fingerprint density at radius 3 is 2.42 bits per heavy atom. The minimum atomic E-state index is -0.263. The summed E-state index contributed by atoms with van der Waals surface area (Å²) in [6.45, 7) is 2.01. The molecule has 3 nitrogen and oxygen atoms in total. The number of nitrogens with zero attached hydrogens (tertiary/aromatic N) is 1. The van der Waals surface area contributed by atoms with Crippen LogP contribution in [0.15, 0.2) is 46.9 Å². The third-order valence-electron chi connectivity index (χ3n) is 2.63. The van der Waals surface area contributed by atoms with Crippen LogP contribution in [0.1, 0.15) is 13.0 Å². The monoisotopic (exact) mass is 260 g/mol. The molecule has 1 aromatic heterocycles. The predicted molar refractivity (Wildman–Crippen MR) is 75.9 cm³/mol. The lowest BCUT2D eigenvalue weighted by atomic mass is 10.2. The van der Waals surface area contributed by atoms with Gasteiger partial charge in [-0.2, -0.15) is 0 Å². The molecule has 0 fully saturated rings. The van der Waals surface area contributed by atoms with Crippen LogP contribution >= 0.6 is 0 Å². The highest BCUT2D eigenvalue weighted by molar-refractivity contribution is 5.76. The van der Waals surface area contributed by atoms with Crippen LogP contribution in [-0.2, 0) is 0 Å². The number of aryl methyl sites for hydroxylation is 1. The van der Waals surface area contributed by atoms with Gasteiger partial charge >= 0.3 is 0 Å². The zero-order valence-electron chi connectivity index (χ0n) is 9.98. The average Bonchev–Trinajstić information content (AvgIpc) is 2.72. The first kappa shape index (κ1) is 14.9. The average molecular weight is 260 g/mol. The largest absolute Gasteiger partial charge is 0.436 e. The van der Waals surface area contributed by atoms with Gasteiger partial charge in [0, 0.05) is 5.56 Å². The van der Waals surface area contributed by atoms with E-state index in [0.29, 0.717) is 5.89 Å². The molecule has 19 heavy (non-hydrogen) atoms. The Bertz CT molecular complexity index is 674. The van der Waals surface area contributed by atoms with Crippen molar-refractivity contribution in [2.75, 3.05) is 0 Å². The third kappa shape index (κ3) is 2.80. The van der Waals surface area contributed by atoms with Gasteiger partial charge in [0.2, 0.25) is 5.89 Å². The summed E-state index contributed by atoms with van der Waals surface area (Å²) in [6.07, 6.45) is 0. The first-order valence-corrected chi connectivity index (χ1v) is 5.35. The maximum Gasteiger partial charge on any atom is 0.227 e. The maximum atomic E-state index is 12.8. The molecule has 0 unspecified atom stereocenters. The summed E-state index contributed by atoms with van der Waals surface area (Å²) in [5.41, 5.74) is 3.48. The Morgan fingerprint density at radius 1 is 1.05 bits per heavy atom. The minimum Gasteiger partial charge on any atom is -0.436 e. The highest BCUT2D eigenvalue weighted by atomic mass is 19.1. The van der Waals surface area contributed by atoms with Crippen molar-refractivity contribution in [2.24, 2.45) is 0 Å². The van der Waals surface area contributed by atoms with Crippen LogP contribution in [0.3, 0.4) is 0 Å². The van der Waals surface area contributed by atoms with Gasteiger partial charge in [-0.25, -0.2) is 9.37 Å². The molecule has 0 aliphatic heterocycles. The van der Waals surface area contributed by atoms with Crippen LogP contribution in [0.5, 0.6) is 0 Å². The van der Waals surface area contributed by atoms with Gasteiger partial charge in [0.15, 0.2) is 5.58 Å². The number of hydrogen-bond donors (Lipinski definition) is 1. The number of aromatic nitrogens is 1. The van der Waals surface area contributed by atoms with Gasteiger partial charge in [-0.05, 0) is 48.9 Å². The van der Waals surface area contributed by atoms with E-state index in [-0.39, 0.29) is 19.4 Å². The van der Waals surface area contributed by atoms with Crippen molar-refractivity contribution >= 4 is 11.1 Å². The lowest BCUT2D eigenvalue weighted by molar-refractivity contribution is 0.616. The Labute approximate surface area is 111 Å². The summed E-state index contributed by atoms with van der Waals surface area (Å²) in [7, 11) is 0. The van der Waals surface area contributed by atoms with Crippen LogP contribution in [0, 0.1) is 12.7 Å². The number of benzene rings is 2. The van der Waals surface area contributed by atoms with E-state index < -0.39 is 0 Å². The van der Waals surface area contributed by atoms with E-state index >= 15 is 0 Å². The Morgan fingerprint density at radius 2 is 1.74 bits per heavy atom.